The lowest BCUT2D eigenvalue weighted by molar-refractivity contribution is -0.0786. The van der Waals surface area contributed by atoms with Crippen molar-refractivity contribution in [1.29, 1.82) is 0 Å². The SMILES string of the molecule is CC#Cc1ccc(-c2ccc(C(=O)[C@@H]3CC[C@@]4([C@@H](Cc5cc(O)cc(NC[C@H](C)O)c5)NC(N)=NC)CC[C@@H]5C[C@@H]([C@H](O)CO)C[C@]53C4)s2)s1. The van der Waals surface area contributed by atoms with Crippen molar-refractivity contribution >= 4 is 40.1 Å². The number of anilines is 1. The molecule has 8 N–H and O–H groups in total. The van der Waals surface area contributed by atoms with Crippen LogP contribution in [0, 0.1) is 40.4 Å². The number of thiophene rings is 2. The predicted molar refractivity (Wildman–Crippen MR) is 202 cm³/mol. The average Bonchev–Trinajstić information content (AvgIpc) is 3.85. The second kappa shape index (κ2) is 15.1. The van der Waals surface area contributed by atoms with Crippen LogP contribution >= 0.6 is 22.7 Å². The summed E-state index contributed by atoms with van der Waals surface area (Å²) in [4.78, 5) is 22.9. The first-order valence-corrected chi connectivity index (χ1v) is 19.3. The van der Waals surface area contributed by atoms with E-state index < -0.39 is 12.2 Å². The Morgan fingerprint density at radius 3 is 2.62 bits per heavy atom. The number of aliphatic hydroxyl groups excluding tert-OH is 3. The number of aliphatic imine (C=N–C) groups is 1. The van der Waals surface area contributed by atoms with Crippen molar-refractivity contribution in [1.82, 2.24) is 5.32 Å². The van der Waals surface area contributed by atoms with Crippen LogP contribution in [0.4, 0.5) is 5.69 Å². The largest absolute Gasteiger partial charge is 0.508 e. The van der Waals surface area contributed by atoms with E-state index >= 15 is 0 Å². The lowest BCUT2D eigenvalue weighted by atomic mass is 9.45. The Labute approximate surface area is 303 Å². The second-order valence-corrected chi connectivity index (χ2v) is 16.9. The van der Waals surface area contributed by atoms with Gasteiger partial charge in [-0.05, 0) is 130 Å². The fraction of sp³-hybridized carbons (Fsp3) is 0.538. The molecule has 2 aromatic heterocycles. The minimum absolute atomic E-state index is 0.0698. The molecule has 11 heteroatoms. The maximum Gasteiger partial charge on any atom is 0.188 e. The van der Waals surface area contributed by atoms with E-state index in [9.17, 15) is 25.2 Å². The molecule has 3 aliphatic rings. The number of ketones is 1. The number of carbonyl (C=O) groups excluding carboxylic acids is 1. The van der Waals surface area contributed by atoms with Crippen LogP contribution in [0.25, 0.3) is 9.75 Å². The number of carbonyl (C=O) groups is 1. The van der Waals surface area contributed by atoms with Gasteiger partial charge >= 0.3 is 0 Å². The number of guanidine groups is 1. The summed E-state index contributed by atoms with van der Waals surface area (Å²) in [5, 5.41) is 48.2. The summed E-state index contributed by atoms with van der Waals surface area (Å²) in [7, 11) is 1.67. The van der Waals surface area contributed by atoms with Crippen LogP contribution in [0.5, 0.6) is 5.75 Å². The Balaban J connectivity index is 1.33. The van der Waals surface area contributed by atoms with Gasteiger partial charge in [-0.3, -0.25) is 9.79 Å². The second-order valence-electron chi connectivity index (χ2n) is 14.7. The molecule has 1 aromatic carbocycles. The van der Waals surface area contributed by atoms with Gasteiger partial charge in [0.2, 0.25) is 0 Å². The highest BCUT2D eigenvalue weighted by molar-refractivity contribution is 7.23. The lowest BCUT2D eigenvalue weighted by Gasteiger charge is -2.60. The minimum atomic E-state index is -0.814. The standard InChI is InChI=1S/C39H50N4O5S2/c1-4-5-29-6-7-32(49-29)33-8-9-34(50-33)36(48)30-11-13-38(12-10-26-17-25(31(47)21-44)19-39(26,30)22-38)35(43-37(40)41-3)16-24-14-27(18-28(46)15-24)42-20-23(2)45/h6-9,14-15,18,23,25-26,30-31,35,42,44-47H,10-13,16-17,19-22H2,1-3H3,(H3,40,41,43)/t23-,25+,26+,30-,31+,35+,38-,39-/m0/s1. The lowest BCUT2D eigenvalue weighted by Crippen LogP contribution is -2.60. The number of benzene rings is 1. The molecule has 2 heterocycles. The fourth-order valence-electron chi connectivity index (χ4n) is 9.45. The van der Waals surface area contributed by atoms with Crippen LogP contribution in [-0.4, -0.2) is 70.6 Å². The van der Waals surface area contributed by atoms with E-state index in [2.05, 4.69) is 39.6 Å². The van der Waals surface area contributed by atoms with Crippen LogP contribution in [0.1, 0.15) is 78.9 Å². The number of nitrogens with zero attached hydrogens (tertiary/aromatic N) is 1. The Morgan fingerprint density at radius 2 is 1.88 bits per heavy atom. The minimum Gasteiger partial charge on any atom is -0.508 e. The average molecular weight is 719 g/mol. The van der Waals surface area contributed by atoms with Crippen molar-refractivity contribution in [2.75, 3.05) is 25.5 Å². The van der Waals surface area contributed by atoms with Gasteiger partial charge in [-0.15, -0.1) is 28.6 Å². The highest BCUT2D eigenvalue weighted by Gasteiger charge is 2.64. The number of aromatic hydroxyl groups is 1. The molecule has 0 radical (unpaired) electrons. The molecule has 3 saturated carbocycles. The topological polar surface area (TPSA) is 160 Å². The van der Waals surface area contributed by atoms with Gasteiger partial charge in [0.15, 0.2) is 11.7 Å². The van der Waals surface area contributed by atoms with Gasteiger partial charge in [0.05, 0.1) is 28.6 Å². The third-order valence-electron chi connectivity index (χ3n) is 11.7. The van der Waals surface area contributed by atoms with Crippen LogP contribution < -0.4 is 16.4 Å². The molecule has 3 fully saturated rings. The number of nitrogens with one attached hydrogen (secondary N) is 2. The molecule has 1 spiro atoms. The summed E-state index contributed by atoms with van der Waals surface area (Å²) in [5.41, 5.74) is 7.49. The zero-order valence-corrected chi connectivity index (χ0v) is 30.7. The van der Waals surface area contributed by atoms with Crippen LogP contribution in [0.3, 0.4) is 0 Å². The highest BCUT2D eigenvalue weighted by atomic mass is 32.1. The third kappa shape index (κ3) is 7.32. The molecule has 3 aromatic rings. The summed E-state index contributed by atoms with van der Waals surface area (Å²) in [6, 6.07) is 13.4. The van der Waals surface area contributed by atoms with Crippen LogP contribution in [-0.2, 0) is 6.42 Å². The number of nitrogens with two attached hydrogens (primary N) is 1. The van der Waals surface area contributed by atoms with Crippen molar-refractivity contribution in [3.63, 3.8) is 0 Å². The molecule has 8 atom stereocenters. The number of Topliss-reactive ketones (excluding diaryl/α,β-unsaturated/α-hetero) is 1. The molecule has 3 aliphatic carbocycles. The number of aliphatic hydroxyl groups is 3. The van der Waals surface area contributed by atoms with E-state index in [1.165, 1.54) is 0 Å². The Bertz CT molecular complexity index is 1770. The molecular formula is C39H50N4O5S2. The first kappa shape index (κ1) is 36.4. The van der Waals surface area contributed by atoms with E-state index in [4.69, 9.17) is 5.73 Å². The van der Waals surface area contributed by atoms with Gasteiger partial charge < -0.3 is 36.8 Å². The monoisotopic (exact) mass is 718 g/mol. The van der Waals surface area contributed by atoms with E-state index in [0.29, 0.717) is 25.3 Å². The maximum absolute atomic E-state index is 14.7. The first-order chi connectivity index (χ1) is 24.0. The molecular weight excluding hydrogens is 669 g/mol. The fourth-order valence-corrected chi connectivity index (χ4v) is 11.4. The number of hydrogen-bond acceptors (Lipinski definition) is 9. The summed E-state index contributed by atoms with van der Waals surface area (Å²) in [6.45, 7) is 3.62. The molecule has 9 nitrogen and oxygen atoms in total. The number of phenolic OH excluding ortho intramolecular Hbond substituents is 1. The van der Waals surface area contributed by atoms with Crippen molar-refractivity contribution in [3.8, 4) is 27.3 Å². The molecule has 268 valence electrons. The van der Waals surface area contributed by atoms with Gasteiger partial charge in [0, 0.05) is 47.1 Å². The predicted octanol–water partition coefficient (Wildman–Crippen LogP) is 5.62. The molecule has 0 unspecified atom stereocenters. The zero-order valence-electron chi connectivity index (χ0n) is 29.1. The van der Waals surface area contributed by atoms with Gasteiger partial charge in [0.25, 0.3) is 0 Å². The molecule has 0 amide bonds. The normalized spacial score (nSPS) is 27.8. The Kier molecular flexibility index (Phi) is 11.0. The number of hydrogen-bond donors (Lipinski definition) is 7. The van der Waals surface area contributed by atoms with Crippen molar-refractivity contribution < 1.29 is 25.2 Å². The van der Waals surface area contributed by atoms with E-state index in [-0.39, 0.29) is 52.8 Å². The molecule has 50 heavy (non-hydrogen) atoms. The van der Waals surface area contributed by atoms with E-state index in [1.54, 1.807) is 48.8 Å². The molecule has 0 saturated heterocycles. The quantitative estimate of drug-likeness (QED) is 0.0550. The van der Waals surface area contributed by atoms with Crippen molar-refractivity contribution in [2.24, 2.45) is 39.3 Å². The smallest absolute Gasteiger partial charge is 0.188 e. The molecule has 6 rings (SSSR count). The van der Waals surface area contributed by atoms with Crippen molar-refractivity contribution in [2.45, 2.75) is 83.5 Å². The van der Waals surface area contributed by atoms with Gasteiger partial charge in [-0.25, -0.2) is 0 Å². The van der Waals surface area contributed by atoms with Crippen molar-refractivity contribution in [3.05, 3.63) is 57.8 Å². The Hall–Kier alpha value is -3.40. The Morgan fingerprint density at radius 1 is 1.12 bits per heavy atom. The van der Waals surface area contributed by atoms with E-state index in [1.807, 2.05) is 25.1 Å². The van der Waals surface area contributed by atoms with Gasteiger partial charge in [-0.1, -0.05) is 5.92 Å². The molecule has 0 aliphatic heterocycles. The summed E-state index contributed by atoms with van der Waals surface area (Å²) in [5.74, 6) is 6.76. The zero-order chi connectivity index (χ0) is 35.6. The van der Waals surface area contributed by atoms with Crippen LogP contribution in [0.15, 0.2) is 47.5 Å². The summed E-state index contributed by atoms with van der Waals surface area (Å²) in [6.07, 6.45) is 4.94. The number of phenols is 1. The van der Waals surface area contributed by atoms with Gasteiger partial charge in [-0.2, -0.15) is 0 Å². The maximum atomic E-state index is 14.7. The summed E-state index contributed by atoms with van der Waals surface area (Å²) < 4.78 is 0. The third-order valence-corrected chi connectivity index (χ3v) is 14.0. The van der Waals surface area contributed by atoms with E-state index in [0.717, 1.165) is 69.3 Å². The number of rotatable bonds is 12. The van der Waals surface area contributed by atoms with Gasteiger partial charge in [0.1, 0.15) is 5.75 Å². The highest BCUT2D eigenvalue weighted by Crippen LogP contribution is 2.69. The van der Waals surface area contributed by atoms with Crippen LogP contribution in [0.2, 0.25) is 0 Å². The summed E-state index contributed by atoms with van der Waals surface area (Å²) >= 11 is 3.19. The number of fused-ring (bicyclic) bond motifs is 1. The molecule has 2 bridgehead atoms. The first-order valence-electron chi connectivity index (χ1n) is 17.7.